The van der Waals surface area contributed by atoms with Gasteiger partial charge in [0.2, 0.25) is 10.0 Å². The van der Waals surface area contributed by atoms with Crippen LogP contribution < -0.4 is 15.8 Å². The summed E-state index contributed by atoms with van der Waals surface area (Å²) in [6.45, 7) is 3.97. The zero-order valence-corrected chi connectivity index (χ0v) is 18.2. The molecule has 1 atom stereocenters. The largest absolute Gasteiger partial charge is 0.379 e. The molecule has 0 aliphatic carbocycles. The highest BCUT2D eigenvalue weighted by Crippen LogP contribution is 2.21. The van der Waals surface area contributed by atoms with E-state index in [4.69, 9.17) is 9.88 Å². The molecule has 2 aromatic carbocycles. The van der Waals surface area contributed by atoms with Gasteiger partial charge >= 0.3 is 0 Å². The third-order valence-corrected chi connectivity index (χ3v) is 6.07. The minimum absolute atomic E-state index is 0.0390. The zero-order chi connectivity index (χ0) is 22.3. The van der Waals surface area contributed by atoms with E-state index in [9.17, 15) is 12.8 Å². The van der Waals surface area contributed by atoms with Gasteiger partial charge in [-0.15, -0.1) is 0 Å². The van der Waals surface area contributed by atoms with Crippen molar-refractivity contribution in [2.75, 3.05) is 39.9 Å². The van der Waals surface area contributed by atoms with Gasteiger partial charge in [-0.05, 0) is 35.4 Å². The molecule has 3 rings (SSSR count). The molecule has 1 aliphatic heterocycles. The summed E-state index contributed by atoms with van der Waals surface area (Å²) in [5.41, 5.74) is 1.91. The molecule has 2 aromatic rings. The van der Waals surface area contributed by atoms with Crippen molar-refractivity contribution in [2.45, 2.75) is 17.5 Å². The van der Waals surface area contributed by atoms with Gasteiger partial charge in [-0.3, -0.25) is 9.89 Å². The highest BCUT2D eigenvalue weighted by molar-refractivity contribution is 7.89. The summed E-state index contributed by atoms with van der Waals surface area (Å²) in [4.78, 5) is 6.64. The van der Waals surface area contributed by atoms with Gasteiger partial charge in [0.05, 0.1) is 24.2 Å². The SMILES string of the molecule is CN=C(NCc1ccc(S(N)(=O)=O)cc1)NCC(c1ccc(F)cc1)N1CCOCC1. The summed E-state index contributed by atoms with van der Waals surface area (Å²) in [7, 11) is -2.03. The van der Waals surface area contributed by atoms with Crippen molar-refractivity contribution in [2.24, 2.45) is 10.1 Å². The first-order chi connectivity index (χ1) is 14.9. The molecule has 8 nitrogen and oxygen atoms in total. The van der Waals surface area contributed by atoms with E-state index in [0.29, 0.717) is 32.3 Å². The van der Waals surface area contributed by atoms with Crippen LogP contribution in [0.3, 0.4) is 0 Å². The number of ether oxygens (including phenoxy) is 1. The monoisotopic (exact) mass is 449 g/mol. The molecule has 1 saturated heterocycles. The lowest BCUT2D eigenvalue weighted by Crippen LogP contribution is -2.46. The average molecular weight is 450 g/mol. The van der Waals surface area contributed by atoms with Crippen molar-refractivity contribution >= 4 is 16.0 Å². The number of sulfonamides is 1. The first-order valence-corrected chi connectivity index (χ1v) is 11.5. The van der Waals surface area contributed by atoms with Gasteiger partial charge in [-0.1, -0.05) is 24.3 Å². The fraction of sp³-hybridized carbons (Fsp3) is 0.381. The van der Waals surface area contributed by atoms with E-state index >= 15 is 0 Å². The maximum Gasteiger partial charge on any atom is 0.238 e. The van der Waals surface area contributed by atoms with E-state index in [2.05, 4.69) is 20.5 Å². The third kappa shape index (κ3) is 6.73. The predicted octanol–water partition coefficient (Wildman–Crippen LogP) is 1.21. The molecule has 0 amide bonds. The summed E-state index contributed by atoms with van der Waals surface area (Å²) < 4.78 is 41.6. The Morgan fingerprint density at radius 3 is 2.35 bits per heavy atom. The first-order valence-electron chi connectivity index (χ1n) is 10.0. The molecule has 0 aromatic heterocycles. The highest BCUT2D eigenvalue weighted by Gasteiger charge is 2.23. The normalized spacial score (nSPS) is 16.7. The highest BCUT2D eigenvalue weighted by atomic mass is 32.2. The van der Waals surface area contributed by atoms with E-state index in [1.54, 1.807) is 31.3 Å². The number of morpholine rings is 1. The number of nitrogens with two attached hydrogens (primary N) is 1. The van der Waals surface area contributed by atoms with Crippen LogP contribution in [-0.4, -0.2) is 59.2 Å². The Morgan fingerprint density at radius 2 is 1.77 bits per heavy atom. The topological polar surface area (TPSA) is 109 Å². The lowest BCUT2D eigenvalue weighted by molar-refractivity contribution is 0.0170. The maximum absolute atomic E-state index is 13.4. The molecule has 168 valence electrons. The van der Waals surface area contributed by atoms with Crippen LogP contribution in [0.2, 0.25) is 0 Å². The number of guanidine groups is 1. The van der Waals surface area contributed by atoms with E-state index in [-0.39, 0.29) is 16.8 Å². The molecule has 1 aliphatic rings. The molecule has 0 bridgehead atoms. The zero-order valence-electron chi connectivity index (χ0n) is 17.4. The van der Waals surface area contributed by atoms with E-state index in [1.807, 2.05) is 0 Å². The van der Waals surface area contributed by atoms with Crippen LogP contribution in [0.5, 0.6) is 0 Å². The van der Waals surface area contributed by atoms with E-state index in [1.165, 1.54) is 24.3 Å². The average Bonchev–Trinajstić information content (AvgIpc) is 2.77. The predicted molar refractivity (Wildman–Crippen MR) is 118 cm³/mol. The molecule has 0 saturated carbocycles. The number of primary sulfonamides is 1. The van der Waals surface area contributed by atoms with Crippen LogP contribution in [0.15, 0.2) is 58.4 Å². The van der Waals surface area contributed by atoms with Crippen molar-refractivity contribution in [3.8, 4) is 0 Å². The van der Waals surface area contributed by atoms with Gasteiger partial charge in [0, 0.05) is 33.2 Å². The minimum atomic E-state index is -3.71. The lowest BCUT2D eigenvalue weighted by atomic mass is 10.0. The summed E-state index contributed by atoms with van der Waals surface area (Å²) in [6.07, 6.45) is 0. The van der Waals surface area contributed by atoms with Gasteiger partial charge in [-0.2, -0.15) is 0 Å². The summed E-state index contributed by atoms with van der Waals surface area (Å²) in [6, 6.07) is 13.0. The van der Waals surface area contributed by atoms with Crippen molar-refractivity contribution < 1.29 is 17.5 Å². The number of rotatable bonds is 7. The second-order valence-electron chi connectivity index (χ2n) is 7.21. The molecule has 0 spiro atoms. The Labute approximate surface area is 182 Å². The Kier molecular flexibility index (Phi) is 7.97. The van der Waals surface area contributed by atoms with Crippen LogP contribution in [0.1, 0.15) is 17.2 Å². The fourth-order valence-corrected chi connectivity index (χ4v) is 3.94. The molecule has 10 heteroatoms. The van der Waals surface area contributed by atoms with Gasteiger partial charge < -0.3 is 15.4 Å². The van der Waals surface area contributed by atoms with Gasteiger partial charge in [0.15, 0.2) is 5.96 Å². The molecule has 1 fully saturated rings. The summed E-state index contributed by atoms with van der Waals surface area (Å²) in [5, 5.41) is 11.7. The third-order valence-electron chi connectivity index (χ3n) is 5.14. The van der Waals surface area contributed by atoms with Crippen LogP contribution in [0, 0.1) is 5.82 Å². The van der Waals surface area contributed by atoms with Crippen LogP contribution in [0.4, 0.5) is 4.39 Å². The number of hydrogen-bond donors (Lipinski definition) is 3. The molecule has 1 unspecified atom stereocenters. The number of hydrogen-bond acceptors (Lipinski definition) is 5. The Morgan fingerprint density at radius 1 is 1.13 bits per heavy atom. The molecule has 4 N–H and O–H groups in total. The molecule has 0 radical (unpaired) electrons. The van der Waals surface area contributed by atoms with E-state index < -0.39 is 10.0 Å². The van der Waals surface area contributed by atoms with Gasteiger partial charge in [0.25, 0.3) is 0 Å². The van der Waals surface area contributed by atoms with Crippen molar-refractivity contribution in [1.29, 1.82) is 0 Å². The molecular weight excluding hydrogens is 421 g/mol. The second-order valence-corrected chi connectivity index (χ2v) is 8.77. The van der Waals surface area contributed by atoms with Crippen molar-refractivity contribution in [1.82, 2.24) is 15.5 Å². The number of aliphatic imine (C=N–C) groups is 1. The number of benzene rings is 2. The van der Waals surface area contributed by atoms with Gasteiger partial charge in [-0.25, -0.2) is 17.9 Å². The Balaban J connectivity index is 1.61. The Bertz CT molecular complexity index is 975. The molecule has 31 heavy (non-hydrogen) atoms. The standard InChI is InChI=1S/C21H28FN5O3S/c1-24-21(25-14-16-2-8-19(9-3-16)31(23,28)29)26-15-20(27-10-12-30-13-11-27)17-4-6-18(22)7-5-17/h2-9,20H,10-15H2,1H3,(H2,23,28,29)(H2,24,25,26). The van der Waals surface area contributed by atoms with Crippen molar-refractivity contribution in [3.05, 3.63) is 65.5 Å². The fourth-order valence-electron chi connectivity index (χ4n) is 3.43. The van der Waals surface area contributed by atoms with E-state index in [0.717, 1.165) is 24.2 Å². The molecular formula is C21H28FN5O3S. The molecule has 1 heterocycles. The smallest absolute Gasteiger partial charge is 0.238 e. The Hall–Kier alpha value is -2.53. The van der Waals surface area contributed by atoms with Crippen LogP contribution in [-0.2, 0) is 21.3 Å². The lowest BCUT2D eigenvalue weighted by Gasteiger charge is -2.35. The maximum atomic E-state index is 13.4. The first kappa shape index (κ1) is 23.1. The summed E-state index contributed by atoms with van der Waals surface area (Å²) in [5.74, 6) is 0.347. The number of halogens is 1. The number of nitrogens with one attached hydrogen (secondary N) is 2. The second kappa shape index (κ2) is 10.7. The van der Waals surface area contributed by atoms with Crippen LogP contribution in [0.25, 0.3) is 0 Å². The van der Waals surface area contributed by atoms with Gasteiger partial charge in [0.1, 0.15) is 5.82 Å². The van der Waals surface area contributed by atoms with Crippen molar-refractivity contribution in [3.63, 3.8) is 0 Å². The number of nitrogens with zero attached hydrogens (tertiary/aromatic N) is 2. The quantitative estimate of drug-likeness (QED) is 0.433. The summed E-state index contributed by atoms with van der Waals surface area (Å²) >= 11 is 0. The van der Waals surface area contributed by atoms with Crippen LogP contribution >= 0.6 is 0 Å². The minimum Gasteiger partial charge on any atom is -0.379 e.